The third-order valence-corrected chi connectivity index (χ3v) is 4.28. The summed E-state index contributed by atoms with van der Waals surface area (Å²) in [5.74, 6) is 0.0827. The van der Waals surface area contributed by atoms with Crippen molar-refractivity contribution in [2.24, 2.45) is 0 Å². The number of aryl methyl sites for hydroxylation is 1. The normalized spacial score (nSPS) is 11.4. The second-order valence-electron chi connectivity index (χ2n) is 4.62. The summed E-state index contributed by atoms with van der Waals surface area (Å²) in [6.07, 6.45) is 0.507. The average Bonchev–Trinajstić information content (AvgIpc) is 2.45. The second kappa shape index (κ2) is 6.54. The Morgan fingerprint density at radius 2 is 1.65 bits per heavy atom. The highest BCUT2D eigenvalue weighted by Crippen LogP contribution is 2.07. The van der Waals surface area contributed by atoms with Crippen molar-refractivity contribution in [3.63, 3.8) is 0 Å². The van der Waals surface area contributed by atoms with Gasteiger partial charge in [-0.1, -0.05) is 42.5 Å². The Bertz CT molecular complexity index is 655. The average molecular weight is 290 g/mol. The lowest BCUT2D eigenvalue weighted by Crippen LogP contribution is -2.26. The maximum atomic E-state index is 11.9. The Morgan fingerprint density at radius 1 is 0.950 bits per heavy atom. The zero-order chi connectivity index (χ0) is 14.4. The Kier molecular flexibility index (Phi) is 4.76. The molecule has 2 rings (SSSR count). The molecule has 0 spiro atoms. The summed E-state index contributed by atoms with van der Waals surface area (Å²) < 4.78 is 26.4. The molecule has 0 radical (unpaired) electrons. The van der Waals surface area contributed by atoms with Crippen molar-refractivity contribution in [1.82, 2.24) is 4.72 Å². The first-order valence-electron chi connectivity index (χ1n) is 6.41. The number of sulfonamides is 1. The van der Waals surface area contributed by atoms with E-state index in [9.17, 15) is 8.42 Å². The number of hydrogen-bond acceptors (Lipinski definition) is 3. The van der Waals surface area contributed by atoms with E-state index in [4.69, 9.17) is 5.73 Å². The van der Waals surface area contributed by atoms with Crippen molar-refractivity contribution < 1.29 is 8.42 Å². The zero-order valence-corrected chi connectivity index (χ0v) is 11.9. The minimum absolute atomic E-state index is 0.0827. The molecule has 0 aliphatic rings. The summed E-state index contributed by atoms with van der Waals surface area (Å²) in [5, 5.41) is 0. The summed E-state index contributed by atoms with van der Waals surface area (Å²) in [6.45, 7) is 0.266. The summed E-state index contributed by atoms with van der Waals surface area (Å²) in [6, 6.07) is 16.8. The lowest BCUT2D eigenvalue weighted by atomic mass is 10.2. The molecule has 2 aromatic rings. The number of anilines is 1. The largest absolute Gasteiger partial charge is 0.399 e. The topological polar surface area (TPSA) is 72.2 Å². The van der Waals surface area contributed by atoms with Gasteiger partial charge in [0.25, 0.3) is 0 Å². The standard InChI is InChI=1S/C15H18N2O2S/c16-15-8-4-7-14(11-15)12-17-20(18,19)10-9-13-5-2-1-3-6-13/h1-8,11,17H,9-10,12,16H2. The third kappa shape index (κ3) is 4.68. The molecule has 106 valence electrons. The second-order valence-corrected chi connectivity index (χ2v) is 6.55. The highest BCUT2D eigenvalue weighted by Gasteiger charge is 2.10. The fourth-order valence-electron chi connectivity index (χ4n) is 1.87. The fraction of sp³-hybridized carbons (Fsp3) is 0.200. The molecule has 4 nitrogen and oxygen atoms in total. The van der Waals surface area contributed by atoms with Crippen LogP contribution in [0.5, 0.6) is 0 Å². The van der Waals surface area contributed by atoms with Crippen LogP contribution in [-0.2, 0) is 23.0 Å². The lowest BCUT2D eigenvalue weighted by molar-refractivity contribution is 0.580. The Morgan fingerprint density at radius 3 is 2.35 bits per heavy atom. The van der Waals surface area contributed by atoms with Crippen molar-refractivity contribution in [3.8, 4) is 0 Å². The van der Waals surface area contributed by atoms with E-state index in [-0.39, 0.29) is 12.3 Å². The summed E-state index contributed by atoms with van der Waals surface area (Å²) >= 11 is 0. The van der Waals surface area contributed by atoms with E-state index in [1.54, 1.807) is 12.1 Å². The molecule has 0 heterocycles. The van der Waals surface area contributed by atoms with Gasteiger partial charge in [0.15, 0.2) is 0 Å². The molecule has 2 aromatic carbocycles. The number of hydrogen-bond donors (Lipinski definition) is 2. The van der Waals surface area contributed by atoms with Crippen molar-refractivity contribution in [1.29, 1.82) is 0 Å². The molecule has 0 saturated carbocycles. The van der Waals surface area contributed by atoms with E-state index in [0.29, 0.717) is 12.1 Å². The first-order valence-corrected chi connectivity index (χ1v) is 8.06. The number of rotatable bonds is 6. The molecule has 5 heteroatoms. The number of benzene rings is 2. The third-order valence-electron chi connectivity index (χ3n) is 2.95. The van der Waals surface area contributed by atoms with E-state index in [2.05, 4.69) is 4.72 Å². The quantitative estimate of drug-likeness (QED) is 0.799. The Labute approximate surface area is 119 Å². The zero-order valence-electron chi connectivity index (χ0n) is 11.1. The molecule has 0 aliphatic heterocycles. The predicted octanol–water partition coefficient (Wildman–Crippen LogP) is 1.93. The smallest absolute Gasteiger partial charge is 0.212 e. The van der Waals surface area contributed by atoms with Crippen LogP contribution < -0.4 is 10.5 Å². The fourth-order valence-corrected chi connectivity index (χ4v) is 2.90. The van der Waals surface area contributed by atoms with Gasteiger partial charge in [0, 0.05) is 12.2 Å². The Balaban J connectivity index is 1.88. The van der Waals surface area contributed by atoms with Gasteiger partial charge >= 0.3 is 0 Å². The van der Waals surface area contributed by atoms with Crippen LogP contribution in [0.15, 0.2) is 54.6 Å². The van der Waals surface area contributed by atoms with E-state index < -0.39 is 10.0 Å². The van der Waals surface area contributed by atoms with Crippen LogP contribution in [-0.4, -0.2) is 14.2 Å². The monoisotopic (exact) mass is 290 g/mol. The van der Waals surface area contributed by atoms with Crippen molar-refractivity contribution in [2.45, 2.75) is 13.0 Å². The molecule has 3 N–H and O–H groups in total. The molecule has 0 amide bonds. The van der Waals surface area contributed by atoms with Crippen LogP contribution in [0.25, 0.3) is 0 Å². The summed E-state index contributed by atoms with van der Waals surface area (Å²) in [7, 11) is -3.28. The van der Waals surface area contributed by atoms with Crippen LogP contribution >= 0.6 is 0 Å². The van der Waals surface area contributed by atoms with E-state index >= 15 is 0 Å². The van der Waals surface area contributed by atoms with E-state index in [1.807, 2.05) is 42.5 Å². The molecular formula is C15H18N2O2S. The maximum Gasteiger partial charge on any atom is 0.212 e. The van der Waals surface area contributed by atoms with Gasteiger partial charge in [0.2, 0.25) is 10.0 Å². The minimum atomic E-state index is -3.28. The van der Waals surface area contributed by atoms with E-state index in [0.717, 1.165) is 11.1 Å². The molecule has 20 heavy (non-hydrogen) atoms. The molecule has 0 fully saturated rings. The van der Waals surface area contributed by atoms with Crippen LogP contribution in [0.3, 0.4) is 0 Å². The number of nitrogens with one attached hydrogen (secondary N) is 1. The van der Waals surface area contributed by atoms with Gasteiger partial charge in [-0.3, -0.25) is 0 Å². The molecule has 0 aromatic heterocycles. The Hall–Kier alpha value is -1.85. The van der Waals surface area contributed by atoms with Crippen LogP contribution in [0.4, 0.5) is 5.69 Å². The van der Waals surface area contributed by atoms with Crippen molar-refractivity contribution >= 4 is 15.7 Å². The van der Waals surface area contributed by atoms with Gasteiger partial charge in [-0.15, -0.1) is 0 Å². The summed E-state index contributed by atoms with van der Waals surface area (Å²) in [5.41, 5.74) is 8.16. The highest BCUT2D eigenvalue weighted by molar-refractivity contribution is 7.89. The SMILES string of the molecule is Nc1cccc(CNS(=O)(=O)CCc2ccccc2)c1. The van der Waals surface area contributed by atoms with Gasteiger partial charge in [0.1, 0.15) is 0 Å². The lowest BCUT2D eigenvalue weighted by Gasteiger charge is -2.07. The molecule has 0 aliphatic carbocycles. The minimum Gasteiger partial charge on any atom is -0.399 e. The van der Waals surface area contributed by atoms with Gasteiger partial charge < -0.3 is 5.73 Å². The first kappa shape index (κ1) is 14.6. The predicted molar refractivity (Wildman–Crippen MR) is 81.6 cm³/mol. The molecular weight excluding hydrogens is 272 g/mol. The first-order chi connectivity index (χ1) is 9.55. The molecule has 0 bridgehead atoms. The molecule has 0 unspecified atom stereocenters. The van der Waals surface area contributed by atoms with Crippen LogP contribution in [0, 0.1) is 0 Å². The number of nitrogens with two attached hydrogens (primary N) is 1. The van der Waals surface area contributed by atoms with Crippen molar-refractivity contribution in [3.05, 3.63) is 65.7 Å². The van der Waals surface area contributed by atoms with Crippen molar-refractivity contribution in [2.75, 3.05) is 11.5 Å². The number of nitrogen functional groups attached to an aromatic ring is 1. The highest BCUT2D eigenvalue weighted by atomic mass is 32.2. The van der Waals surface area contributed by atoms with Gasteiger partial charge in [0.05, 0.1) is 5.75 Å². The van der Waals surface area contributed by atoms with E-state index in [1.165, 1.54) is 0 Å². The van der Waals surface area contributed by atoms with Crippen LogP contribution in [0.1, 0.15) is 11.1 Å². The van der Waals surface area contributed by atoms with Crippen LogP contribution in [0.2, 0.25) is 0 Å². The summed E-state index contributed by atoms with van der Waals surface area (Å²) in [4.78, 5) is 0. The maximum absolute atomic E-state index is 11.9. The van der Waals surface area contributed by atoms with Gasteiger partial charge in [-0.2, -0.15) is 0 Å². The molecule has 0 saturated heterocycles. The van der Waals surface area contributed by atoms with Gasteiger partial charge in [-0.25, -0.2) is 13.1 Å². The van der Waals surface area contributed by atoms with Gasteiger partial charge in [-0.05, 0) is 29.7 Å². The molecule has 0 atom stereocenters.